The maximum absolute atomic E-state index is 12.3. The highest BCUT2D eigenvalue weighted by atomic mass is 16.6. The van der Waals surface area contributed by atoms with Crippen molar-refractivity contribution in [2.75, 3.05) is 0 Å². The van der Waals surface area contributed by atoms with Crippen molar-refractivity contribution in [3.8, 4) is 5.75 Å². The second-order valence-corrected chi connectivity index (χ2v) is 5.93. The van der Waals surface area contributed by atoms with Gasteiger partial charge in [-0.25, -0.2) is 4.79 Å². The summed E-state index contributed by atoms with van der Waals surface area (Å²) in [5, 5.41) is 13.8. The summed E-state index contributed by atoms with van der Waals surface area (Å²) < 4.78 is 6.01. The van der Waals surface area contributed by atoms with Crippen LogP contribution in [0.3, 0.4) is 0 Å². The normalized spacial score (nSPS) is 27.0. The summed E-state index contributed by atoms with van der Waals surface area (Å²) in [7, 11) is 0. The van der Waals surface area contributed by atoms with Gasteiger partial charge >= 0.3 is 6.03 Å². The number of carbonyl (C=O) groups excluding carboxylic acids is 1. The van der Waals surface area contributed by atoms with Gasteiger partial charge < -0.3 is 10.1 Å². The van der Waals surface area contributed by atoms with Gasteiger partial charge in [0.05, 0.1) is 11.0 Å². The molecule has 1 N–H and O–H groups in total. The van der Waals surface area contributed by atoms with Gasteiger partial charge in [-0.1, -0.05) is 0 Å². The highest BCUT2D eigenvalue weighted by Gasteiger charge is 2.50. The molecule has 0 radical (unpaired) electrons. The Balaban J connectivity index is 2.06. The molecule has 2 bridgehead atoms. The lowest BCUT2D eigenvalue weighted by Crippen LogP contribution is -2.66. The first-order valence-electron chi connectivity index (χ1n) is 6.89. The Morgan fingerprint density at radius 3 is 2.86 bits per heavy atom. The van der Waals surface area contributed by atoms with E-state index in [0.29, 0.717) is 17.7 Å². The van der Waals surface area contributed by atoms with Gasteiger partial charge in [0.25, 0.3) is 5.69 Å². The summed E-state index contributed by atoms with van der Waals surface area (Å²) in [6.07, 6.45) is 0.561. The second kappa shape index (κ2) is 4.34. The summed E-state index contributed by atoms with van der Waals surface area (Å²) >= 11 is 0. The van der Waals surface area contributed by atoms with Crippen molar-refractivity contribution in [1.29, 1.82) is 0 Å². The van der Waals surface area contributed by atoms with Gasteiger partial charge in [-0.2, -0.15) is 0 Å². The van der Waals surface area contributed by atoms with E-state index in [9.17, 15) is 14.9 Å². The first kappa shape index (κ1) is 13.7. The Labute approximate surface area is 122 Å². The van der Waals surface area contributed by atoms with E-state index in [4.69, 9.17) is 4.74 Å². The highest BCUT2D eigenvalue weighted by Crippen LogP contribution is 2.45. The molecule has 0 aliphatic carbocycles. The van der Waals surface area contributed by atoms with Gasteiger partial charge in [-0.15, -0.1) is 0 Å². The number of non-ortho nitro benzene ring substituents is 1. The molecule has 2 aliphatic rings. The van der Waals surface area contributed by atoms with E-state index < -0.39 is 10.6 Å². The Bertz CT molecular complexity index is 631. The summed E-state index contributed by atoms with van der Waals surface area (Å²) in [4.78, 5) is 24.4. The van der Waals surface area contributed by atoms with Crippen LogP contribution in [0, 0.1) is 10.1 Å². The van der Waals surface area contributed by atoms with Gasteiger partial charge in [0.1, 0.15) is 5.75 Å². The molecule has 3 rings (SSSR count). The molecule has 0 spiro atoms. The second-order valence-electron chi connectivity index (χ2n) is 5.93. The van der Waals surface area contributed by atoms with Crippen LogP contribution in [-0.2, 0) is 0 Å². The monoisotopic (exact) mass is 291 g/mol. The van der Waals surface area contributed by atoms with E-state index in [1.165, 1.54) is 12.1 Å². The molecule has 2 aliphatic heterocycles. The molecule has 1 aromatic carbocycles. The predicted octanol–water partition coefficient (Wildman–Crippen LogP) is 2.57. The van der Waals surface area contributed by atoms with Crippen molar-refractivity contribution >= 4 is 11.7 Å². The number of nitro benzene ring substituents is 1. The Kier molecular flexibility index (Phi) is 2.82. The van der Waals surface area contributed by atoms with Crippen molar-refractivity contribution < 1.29 is 14.5 Å². The zero-order chi connectivity index (χ0) is 15.4. The average Bonchev–Trinajstić information content (AvgIpc) is 2.36. The number of urea groups is 1. The van der Waals surface area contributed by atoms with E-state index in [2.05, 4.69) is 5.32 Å². The third-order valence-electron chi connectivity index (χ3n) is 4.03. The molecule has 2 heterocycles. The van der Waals surface area contributed by atoms with Gasteiger partial charge in [0.2, 0.25) is 0 Å². The number of nitrogens with one attached hydrogen (secondary N) is 1. The number of nitro groups is 1. The molecule has 1 fully saturated rings. The fourth-order valence-electron chi connectivity index (χ4n) is 3.27. The molecule has 7 nitrogen and oxygen atoms in total. The maximum Gasteiger partial charge on any atom is 0.321 e. The molecular formula is C14H17N3O4. The third-order valence-corrected chi connectivity index (χ3v) is 4.03. The Morgan fingerprint density at radius 2 is 2.24 bits per heavy atom. The highest BCUT2D eigenvalue weighted by molar-refractivity contribution is 5.77. The Hall–Kier alpha value is -2.31. The first-order chi connectivity index (χ1) is 9.82. The third kappa shape index (κ3) is 2.00. The van der Waals surface area contributed by atoms with Gasteiger partial charge in [-0.05, 0) is 26.8 Å². The summed E-state index contributed by atoms with van der Waals surface area (Å²) in [5.74, 6) is 0.588. The van der Waals surface area contributed by atoms with E-state index in [-0.39, 0.29) is 23.8 Å². The number of nitrogens with zero attached hydrogens (tertiary/aromatic N) is 2. The quantitative estimate of drug-likeness (QED) is 0.670. The molecule has 0 saturated carbocycles. The molecule has 0 aromatic heterocycles. The lowest BCUT2D eigenvalue weighted by atomic mass is 9.89. The lowest BCUT2D eigenvalue weighted by Gasteiger charge is -2.52. The van der Waals surface area contributed by atoms with Crippen LogP contribution in [0.1, 0.15) is 38.8 Å². The molecule has 21 heavy (non-hydrogen) atoms. The zero-order valence-electron chi connectivity index (χ0n) is 12.1. The summed E-state index contributed by atoms with van der Waals surface area (Å²) in [5.41, 5.74) is -0.0653. The predicted molar refractivity (Wildman–Crippen MR) is 75.0 cm³/mol. The fourth-order valence-corrected chi connectivity index (χ4v) is 3.27. The van der Waals surface area contributed by atoms with Crippen LogP contribution in [0.5, 0.6) is 5.75 Å². The number of hydrogen-bond acceptors (Lipinski definition) is 4. The number of carbonyl (C=O) groups is 1. The molecule has 2 atom stereocenters. The van der Waals surface area contributed by atoms with E-state index in [0.717, 1.165) is 0 Å². The molecule has 2 unspecified atom stereocenters. The minimum Gasteiger partial charge on any atom is -0.468 e. The zero-order valence-corrected chi connectivity index (χ0v) is 12.1. The Morgan fingerprint density at radius 1 is 1.52 bits per heavy atom. The smallest absolute Gasteiger partial charge is 0.321 e. The van der Waals surface area contributed by atoms with Crippen LogP contribution in [0.4, 0.5) is 10.5 Å². The van der Waals surface area contributed by atoms with Crippen LogP contribution in [0.25, 0.3) is 0 Å². The van der Waals surface area contributed by atoms with Crippen molar-refractivity contribution in [3.05, 3.63) is 33.9 Å². The topological polar surface area (TPSA) is 84.7 Å². The van der Waals surface area contributed by atoms with Gasteiger partial charge in [0, 0.05) is 30.2 Å². The van der Waals surface area contributed by atoms with Crippen molar-refractivity contribution in [3.63, 3.8) is 0 Å². The number of rotatable bonds is 2. The molecule has 1 aromatic rings. The molecule has 112 valence electrons. The van der Waals surface area contributed by atoms with Crippen LogP contribution in [0.15, 0.2) is 18.2 Å². The summed E-state index contributed by atoms with van der Waals surface area (Å²) in [6, 6.07) is 4.03. The van der Waals surface area contributed by atoms with Crippen molar-refractivity contribution in [1.82, 2.24) is 10.2 Å². The lowest BCUT2D eigenvalue weighted by molar-refractivity contribution is -0.385. The fraction of sp³-hybridized carbons (Fsp3) is 0.500. The largest absolute Gasteiger partial charge is 0.468 e. The number of benzene rings is 1. The van der Waals surface area contributed by atoms with Crippen molar-refractivity contribution in [2.24, 2.45) is 0 Å². The summed E-state index contributed by atoms with van der Waals surface area (Å²) in [6.45, 7) is 5.74. The number of amides is 2. The van der Waals surface area contributed by atoms with Gasteiger partial charge in [0.15, 0.2) is 5.72 Å². The van der Waals surface area contributed by atoms with Gasteiger partial charge in [-0.3, -0.25) is 15.0 Å². The van der Waals surface area contributed by atoms with Crippen molar-refractivity contribution in [2.45, 2.75) is 45.0 Å². The van der Waals surface area contributed by atoms with Crippen LogP contribution in [0.2, 0.25) is 0 Å². The van der Waals surface area contributed by atoms with E-state index >= 15 is 0 Å². The van der Waals surface area contributed by atoms with Crippen LogP contribution in [-0.4, -0.2) is 27.6 Å². The standard InChI is InChI=1S/C14H17N3O4/c1-8(2)16-13(18)15-11-7-14(16,3)21-12-5-4-9(17(19)20)6-10(11)12/h4-6,8,11H,7H2,1-3H3,(H,15,18). The minimum absolute atomic E-state index is 0.00138. The molecular weight excluding hydrogens is 274 g/mol. The number of hydrogen-bond donors (Lipinski definition) is 1. The van der Waals surface area contributed by atoms with Crippen LogP contribution < -0.4 is 10.1 Å². The minimum atomic E-state index is -0.732. The molecule has 7 heteroatoms. The number of ether oxygens (including phenoxy) is 1. The van der Waals surface area contributed by atoms with E-state index in [1.807, 2.05) is 20.8 Å². The number of fused-ring (bicyclic) bond motifs is 4. The maximum atomic E-state index is 12.3. The SMILES string of the molecule is CC(C)N1C(=O)NC2CC1(C)Oc1ccc([N+](=O)[O-])cc12. The molecule has 2 amide bonds. The first-order valence-corrected chi connectivity index (χ1v) is 6.89. The average molecular weight is 291 g/mol. The van der Waals surface area contributed by atoms with E-state index in [1.54, 1.807) is 11.0 Å². The molecule has 1 saturated heterocycles. The van der Waals surface area contributed by atoms with Crippen LogP contribution >= 0.6 is 0 Å².